The number of carbonyl (C=O) groups is 2. The summed E-state index contributed by atoms with van der Waals surface area (Å²) >= 11 is 1.28. The molecular formula is C30H27N3O6S2. The van der Waals surface area contributed by atoms with Gasteiger partial charge >= 0.3 is 0 Å². The van der Waals surface area contributed by atoms with Gasteiger partial charge < -0.3 is 20.5 Å². The van der Waals surface area contributed by atoms with Crippen molar-refractivity contribution in [3.05, 3.63) is 105 Å². The second-order valence-corrected chi connectivity index (χ2v) is 13.0. The SMILES string of the molecule is Cc1c(Cc2ccc3c(c2)OCO3)sc(NC(=O)c2ccc(S(=O)(=O)N3CCc4ccccc4C3)cc2)c1C(N)=O. The molecule has 6 rings (SSSR count). The van der Waals surface area contributed by atoms with Gasteiger partial charge in [0, 0.05) is 30.0 Å². The molecule has 210 valence electrons. The second-order valence-electron chi connectivity index (χ2n) is 9.92. The van der Waals surface area contributed by atoms with Crippen LogP contribution in [0.25, 0.3) is 0 Å². The molecule has 2 amide bonds. The lowest BCUT2D eigenvalue weighted by atomic mass is 10.0. The van der Waals surface area contributed by atoms with Gasteiger partial charge in [-0.15, -0.1) is 11.3 Å². The minimum absolute atomic E-state index is 0.115. The number of benzene rings is 3. The highest BCUT2D eigenvalue weighted by Gasteiger charge is 2.28. The number of nitrogens with two attached hydrogens (primary N) is 1. The maximum atomic E-state index is 13.3. The first kappa shape index (κ1) is 27.0. The predicted octanol–water partition coefficient (Wildman–Crippen LogP) is 4.47. The van der Waals surface area contributed by atoms with Crippen LogP contribution in [0.5, 0.6) is 11.5 Å². The van der Waals surface area contributed by atoms with E-state index in [1.54, 1.807) is 6.92 Å². The number of rotatable bonds is 7. The number of sulfonamides is 1. The smallest absolute Gasteiger partial charge is 0.256 e. The third-order valence-corrected chi connectivity index (χ3v) is 10.4. The summed E-state index contributed by atoms with van der Waals surface area (Å²) < 4.78 is 38.9. The molecule has 3 N–H and O–H groups in total. The molecule has 0 spiro atoms. The first-order valence-electron chi connectivity index (χ1n) is 13.0. The fraction of sp³-hybridized carbons (Fsp3) is 0.200. The van der Waals surface area contributed by atoms with Gasteiger partial charge in [0.1, 0.15) is 5.00 Å². The molecule has 4 aromatic rings. The number of fused-ring (bicyclic) bond motifs is 2. The Balaban J connectivity index is 1.19. The van der Waals surface area contributed by atoms with Crippen LogP contribution in [-0.4, -0.2) is 37.9 Å². The van der Waals surface area contributed by atoms with Crippen LogP contribution in [0.4, 0.5) is 5.00 Å². The zero-order valence-corrected chi connectivity index (χ0v) is 23.8. The molecular weight excluding hydrogens is 562 g/mol. The van der Waals surface area contributed by atoms with Gasteiger partial charge in [0.15, 0.2) is 11.5 Å². The van der Waals surface area contributed by atoms with Gasteiger partial charge in [-0.25, -0.2) is 8.42 Å². The van der Waals surface area contributed by atoms with Crippen molar-refractivity contribution < 1.29 is 27.5 Å². The number of nitrogens with zero attached hydrogens (tertiary/aromatic N) is 1. The third kappa shape index (κ3) is 5.19. The average Bonchev–Trinajstić information content (AvgIpc) is 3.56. The number of hydrogen-bond donors (Lipinski definition) is 2. The Bertz CT molecular complexity index is 1780. The van der Waals surface area contributed by atoms with Gasteiger partial charge in [0.2, 0.25) is 16.8 Å². The molecule has 11 heteroatoms. The van der Waals surface area contributed by atoms with Crippen molar-refractivity contribution in [2.45, 2.75) is 31.2 Å². The molecule has 2 aliphatic rings. The van der Waals surface area contributed by atoms with Gasteiger partial charge in [-0.05, 0) is 72.0 Å². The van der Waals surface area contributed by atoms with Crippen LogP contribution in [0.2, 0.25) is 0 Å². The number of amides is 2. The Morgan fingerprint density at radius 3 is 2.49 bits per heavy atom. The number of ether oxygens (including phenoxy) is 2. The number of carbonyl (C=O) groups excluding carboxylic acids is 2. The molecule has 0 saturated carbocycles. The topological polar surface area (TPSA) is 128 Å². The molecule has 0 unspecified atom stereocenters. The van der Waals surface area contributed by atoms with Crippen LogP contribution < -0.4 is 20.5 Å². The molecule has 0 aliphatic carbocycles. The predicted molar refractivity (Wildman–Crippen MR) is 155 cm³/mol. The van der Waals surface area contributed by atoms with E-state index in [9.17, 15) is 18.0 Å². The Labute approximate surface area is 241 Å². The van der Waals surface area contributed by atoms with Crippen molar-refractivity contribution >= 4 is 38.2 Å². The van der Waals surface area contributed by atoms with Crippen molar-refractivity contribution in [3.63, 3.8) is 0 Å². The van der Waals surface area contributed by atoms with Crippen molar-refractivity contribution in [2.24, 2.45) is 5.73 Å². The molecule has 2 aliphatic heterocycles. The summed E-state index contributed by atoms with van der Waals surface area (Å²) in [5.74, 6) is 0.230. The molecule has 3 aromatic carbocycles. The van der Waals surface area contributed by atoms with Crippen molar-refractivity contribution in [2.75, 3.05) is 18.7 Å². The highest BCUT2D eigenvalue weighted by molar-refractivity contribution is 7.89. The molecule has 3 heterocycles. The maximum Gasteiger partial charge on any atom is 0.256 e. The van der Waals surface area contributed by atoms with E-state index in [1.807, 2.05) is 42.5 Å². The second kappa shape index (κ2) is 10.7. The Morgan fingerprint density at radius 2 is 1.73 bits per heavy atom. The van der Waals surface area contributed by atoms with Crippen LogP contribution in [0.15, 0.2) is 71.6 Å². The van der Waals surface area contributed by atoms with E-state index < -0.39 is 21.8 Å². The lowest BCUT2D eigenvalue weighted by Gasteiger charge is -2.28. The van der Waals surface area contributed by atoms with Crippen molar-refractivity contribution in [3.8, 4) is 11.5 Å². The first-order valence-corrected chi connectivity index (χ1v) is 15.3. The summed E-state index contributed by atoms with van der Waals surface area (Å²) in [6.45, 7) is 2.68. The molecule has 41 heavy (non-hydrogen) atoms. The van der Waals surface area contributed by atoms with E-state index in [0.717, 1.165) is 21.6 Å². The largest absolute Gasteiger partial charge is 0.454 e. The lowest BCUT2D eigenvalue weighted by molar-refractivity contribution is 0.100. The molecule has 9 nitrogen and oxygen atoms in total. The summed E-state index contributed by atoms with van der Waals surface area (Å²) in [5.41, 5.74) is 10.0. The van der Waals surface area contributed by atoms with E-state index in [-0.39, 0.29) is 22.8 Å². The van der Waals surface area contributed by atoms with Gasteiger partial charge in [-0.2, -0.15) is 4.31 Å². The van der Waals surface area contributed by atoms with Gasteiger partial charge in [-0.3, -0.25) is 9.59 Å². The number of anilines is 1. The third-order valence-electron chi connectivity index (χ3n) is 7.37. The van der Waals surface area contributed by atoms with Gasteiger partial charge in [-0.1, -0.05) is 30.3 Å². The zero-order valence-electron chi connectivity index (χ0n) is 22.2. The van der Waals surface area contributed by atoms with Crippen molar-refractivity contribution in [1.29, 1.82) is 0 Å². The number of nitrogens with one attached hydrogen (secondary N) is 1. The summed E-state index contributed by atoms with van der Waals surface area (Å²) in [5, 5.41) is 3.15. The summed E-state index contributed by atoms with van der Waals surface area (Å²) in [6.07, 6.45) is 1.16. The Morgan fingerprint density at radius 1 is 1.00 bits per heavy atom. The number of thiophene rings is 1. The van der Waals surface area contributed by atoms with E-state index in [1.165, 1.54) is 39.9 Å². The maximum absolute atomic E-state index is 13.3. The Hall–Kier alpha value is -4.19. The molecule has 0 bridgehead atoms. The summed E-state index contributed by atoms with van der Waals surface area (Å²) in [4.78, 5) is 26.5. The first-order chi connectivity index (χ1) is 19.7. The quantitative estimate of drug-likeness (QED) is 0.327. The van der Waals surface area contributed by atoms with E-state index in [2.05, 4.69) is 5.32 Å². The monoisotopic (exact) mass is 589 g/mol. The van der Waals surface area contributed by atoms with Crippen LogP contribution in [-0.2, 0) is 29.4 Å². The van der Waals surface area contributed by atoms with Crippen molar-refractivity contribution in [1.82, 2.24) is 4.31 Å². The lowest BCUT2D eigenvalue weighted by Crippen LogP contribution is -2.35. The van der Waals surface area contributed by atoms with Gasteiger partial charge in [0.25, 0.3) is 11.8 Å². The van der Waals surface area contributed by atoms with Gasteiger partial charge in [0.05, 0.1) is 10.5 Å². The fourth-order valence-electron chi connectivity index (χ4n) is 5.13. The fourth-order valence-corrected chi connectivity index (χ4v) is 7.79. The summed E-state index contributed by atoms with van der Waals surface area (Å²) in [6, 6.07) is 19.3. The minimum atomic E-state index is -3.73. The van der Waals surface area contributed by atoms with Crippen LogP contribution >= 0.6 is 11.3 Å². The molecule has 0 radical (unpaired) electrons. The van der Waals surface area contributed by atoms with E-state index >= 15 is 0 Å². The highest BCUT2D eigenvalue weighted by Crippen LogP contribution is 2.37. The minimum Gasteiger partial charge on any atom is -0.454 e. The van der Waals surface area contributed by atoms with E-state index in [4.69, 9.17) is 15.2 Å². The molecule has 0 saturated heterocycles. The van der Waals surface area contributed by atoms with Crippen LogP contribution in [0, 0.1) is 6.92 Å². The van der Waals surface area contributed by atoms with E-state index in [0.29, 0.717) is 48.0 Å². The average molecular weight is 590 g/mol. The number of primary amides is 1. The molecule has 0 fully saturated rings. The summed E-state index contributed by atoms with van der Waals surface area (Å²) in [7, 11) is -3.73. The normalized spacial score (nSPS) is 14.5. The van der Waals surface area contributed by atoms with Crippen LogP contribution in [0.3, 0.4) is 0 Å². The number of hydrogen-bond acceptors (Lipinski definition) is 7. The molecule has 1 aromatic heterocycles. The molecule has 0 atom stereocenters. The highest BCUT2D eigenvalue weighted by atomic mass is 32.2. The standard InChI is InChI=1S/C30H27N3O6S2/c1-18-26(15-19-6-11-24-25(14-19)39-17-38-24)40-30(27(18)28(31)34)32-29(35)21-7-9-23(10-8-21)41(36,37)33-13-12-20-4-2-3-5-22(20)16-33/h2-11,14H,12-13,15-17H2,1H3,(H2,31,34)(H,32,35). The zero-order chi connectivity index (χ0) is 28.7. The van der Waals surface area contributed by atoms with Crippen LogP contribution in [0.1, 0.15) is 47.8 Å². The Kier molecular flexibility index (Phi) is 7.02.